The summed E-state index contributed by atoms with van der Waals surface area (Å²) in [5, 5.41) is 32.6. The molecule has 1 aliphatic heterocycles. The number of benzene rings is 1. The van der Waals surface area contributed by atoms with Gasteiger partial charge in [0, 0.05) is 22.2 Å². The van der Waals surface area contributed by atoms with Crippen LogP contribution in [-0.2, 0) is 10.2 Å². The van der Waals surface area contributed by atoms with Crippen molar-refractivity contribution in [2.75, 3.05) is 5.32 Å². The zero-order valence-electron chi connectivity index (χ0n) is 18.5. The summed E-state index contributed by atoms with van der Waals surface area (Å²) in [4.78, 5) is 11.5. The number of aromatic amines is 1. The standard InChI is InChI=1S/C22H22ClFN6O4/c1-22(2,3)21-30-29-20(34-21)18-16(32)15(31)17(33-18)10-7-25-14-13(10)26-8-27-19(14)28-12-5-4-9(23)6-11(12)24/h4-8,15-18,25,31-32H,1-3H3,(H,26,27,28)/t15-,16+,17+,18+/m1/s1. The maximum Gasteiger partial charge on any atom is 0.248 e. The first-order chi connectivity index (χ1) is 16.1. The second-order valence-electron chi connectivity index (χ2n) is 9.09. The highest BCUT2D eigenvalue weighted by atomic mass is 35.5. The van der Waals surface area contributed by atoms with Crippen molar-refractivity contribution in [3.05, 3.63) is 58.9 Å². The van der Waals surface area contributed by atoms with E-state index < -0.39 is 30.2 Å². The molecule has 0 unspecified atom stereocenters. The van der Waals surface area contributed by atoms with E-state index in [1.807, 2.05) is 20.8 Å². The van der Waals surface area contributed by atoms with Gasteiger partial charge in [-0.1, -0.05) is 32.4 Å². The van der Waals surface area contributed by atoms with Crippen LogP contribution < -0.4 is 5.32 Å². The van der Waals surface area contributed by atoms with Gasteiger partial charge in [0.15, 0.2) is 11.9 Å². The number of anilines is 2. The molecule has 4 N–H and O–H groups in total. The third kappa shape index (κ3) is 3.90. The summed E-state index contributed by atoms with van der Waals surface area (Å²) >= 11 is 5.82. The summed E-state index contributed by atoms with van der Waals surface area (Å²) in [5.41, 5.74) is 1.19. The van der Waals surface area contributed by atoms with E-state index in [2.05, 4.69) is 30.5 Å². The Bertz CT molecular complexity index is 1350. The highest BCUT2D eigenvalue weighted by molar-refractivity contribution is 6.30. The van der Waals surface area contributed by atoms with Crippen molar-refractivity contribution in [2.45, 2.75) is 50.6 Å². The summed E-state index contributed by atoms with van der Waals surface area (Å²) in [7, 11) is 0. The molecule has 0 saturated carbocycles. The quantitative estimate of drug-likeness (QED) is 0.338. The van der Waals surface area contributed by atoms with Crippen molar-refractivity contribution < 1.29 is 23.8 Å². The van der Waals surface area contributed by atoms with E-state index in [-0.39, 0.29) is 22.0 Å². The largest absolute Gasteiger partial charge is 0.422 e. The van der Waals surface area contributed by atoms with Crippen LogP contribution in [-0.4, -0.2) is 47.6 Å². The van der Waals surface area contributed by atoms with Crippen molar-refractivity contribution in [2.24, 2.45) is 0 Å². The maximum atomic E-state index is 14.3. The highest BCUT2D eigenvalue weighted by Crippen LogP contribution is 2.43. The summed E-state index contributed by atoms with van der Waals surface area (Å²) in [5.74, 6) is 0.241. The summed E-state index contributed by atoms with van der Waals surface area (Å²) in [6.45, 7) is 5.75. The Labute approximate surface area is 198 Å². The molecule has 1 aromatic carbocycles. The molecule has 4 aromatic rings. The lowest BCUT2D eigenvalue weighted by Gasteiger charge is -2.13. The highest BCUT2D eigenvalue weighted by Gasteiger charge is 2.48. The normalized spacial score (nSPS) is 23.0. The first kappa shape index (κ1) is 22.7. The number of nitrogens with zero attached hydrogens (tertiary/aromatic N) is 4. The van der Waals surface area contributed by atoms with Crippen LogP contribution in [0.5, 0.6) is 0 Å². The van der Waals surface area contributed by atoms with E-state index >= 15 is 0 Å². The molecule has 0 spiro atoms. The predicted octanol–water partition coefficient (Wildman–Crippen LogP) is 3.71. The van der Waals surface area contributed by atoms with Gasteiger partial charge in [0.05, 0.1) is 11.2 Å². The Hall–Kier alpha value is -3.12. The van der Waals surface area contributed by atoms with E-state index in [0.717, 1.165) is 0 Å². The molecule has 12 heteroatoms. The van der Waals surface area contributed by atoms with Gasteiger partial charge in [-0.3, -0.25) is 0 Å². The first-order valence-electron chi connectivity index (χ1n) is 10.5. The van der Waals surface area contributed by atoms with Gasteiger partial charge >= 0.3 is 0 Å². The molecule has 0 radical (unpaired) electrons. The second-order valence-corrected chi connectivity index (χ2v) is 9.53. The number of ether oxygens (including phenoxy) is 1. The van der Waals surface area contributed by atoms with Crippen LogP contribution in [0.2, 0.25) is 5.02 Å². The molecular formula is C22H22ClFN6O4. The van der Waals surface area contributed by atoms with Crippen LogP contribution >= 0.6 is 11.6 Å². The number of aliphatic hydroxyl groups excluding tert-OH is 2. The number of fused-ring (bicyclic) bond motifs is 1. The average Bonchev–Trinajstić information content (AvgIpc) is 3.49. The van der Waals surface area contributed by atoms with E-state index in [4.69, 9.17) is 20.8 Å². The van der Waals surface area contributed by atoms with Crippen molar-refractivity contribution in [3.8, 4) is 0 Å². The topological polar surface area (TPSA) is 142 Å². The zero-order valence-corrected chi connectivity index (χ0v) is 19.2. The van der Waals surface area contributed by atoms with E-state index in [1.165, 1.54) is 18.5 Å². The zero-order chi connectivity index (χ0) is 24.2. The molecule has 4 heterocycles. The van der Waals surface area contributed by atoms with E-state index in [9.17, 15) is 14.6 Å². The van der Waals surface area contributed by atoms with Gasteiger partial charge in [0.2, 0.25) is 11.8 Å². The van der Waals surface area contributed by atoms with Gasteiger partial charge in [0.25, 0.3) is 0 Å². The summed E-state index contributed by atoms with van der Waals surface area (Å²) in [6, 6.07) is 4.24. The number of hydrogen-bond donors (Lipinski definition) is 4. The molecular weight excluding hydrogens is 467 g/mol. The number of nitrogens with one attached hydrogen (secondary N) is 2. The summed E-state index contributed by atoms with van der Waals surface area (Å²) in [6.07, 6.45) is -1.64. The number of rotatable bonds is 4. The molecule has 4 atom stereocenters. The fraction of sp³-hybridized carbons (Fsp3) is 0.364. The van der Waals surface area contributed by atoms with E-state index in [0.29, 0.717) is 28.3 Å². The van der Waals surface area contributed by atoms with Crippen LogP contribution in [0.4, 0.5) is 15.9 Å². The van der Waals surface area contributed by atoms with Gasteiger partial charge in [-0.15, -0.1) is 10.2 Å². The van der Waals surface area contributed by atoms with Crippen molar-refractivity contribution in [1.29, 1.82) is 0 Å². The molecule has 10 nitrogen and oxygen atoms in total. The maximum absolute atomic E-state index is 14.3. The molecule has 0 aliphatic carbocycles. The second kappa shape index (κ2) is 8.27. The lowest BCUT2D eigenvalue weighted by molar-refractivity contribution is -0.00887. The Balaban J connectivity index is 1.45. The van der Waals surface area contributed by atoms with Crippen LogP contribution in [0.3, 0.4) is 0 Å². The SMILES string of the molecule is CC(C)(C)c1nnc([C@H]2O[C@@H](c3c[nH]c4c(Nc5ccc(Cl)cc5F)ncnc34)[C@H](O)[C@@H]2O)o1. The minimum Gasteiger partial charge on any atom is -0.422 e. The van der Waals surface area contributed by atoms with Crippen LogP contribution in [0.25, 0.3) is 11.0 Å². The molecule has 3 aromatic heterocycles. The van der Waals surface area contributed by atoms with Crippen molar-refractivity contribution in [3.63, 3.8) is 0 Å². The van der Waals surface area contributed by atoms with Crippen molar-refractivity contribution in [1.82, 2.24) is 25.1 Å². The molecule has 34 heavy (non-hydrogen) atoms. The van der Waals surface area contributed by atoms with Gasteiger partial charge < -0.3 is 29.7 Å². The smallest absolute Gasteiger partial charge is 0.248 e. The number of hydrogen-bond acceptors (Lipinski definition) is 9. The Morgan fingerprint density at radius 3 is 2.59 bits per heavy atom. The molecule has 0 amide bonds. The molecule has 178 valence electrons. The number of H-pyrrole nitrogens is 1. The number of halogens is 2. The molecule has 5 rings (SSSR count). The predicted molar refractivity (Wildman–Crippen MR) is 120 cm³/mol. The van der Waals surface area contributed by atoms with Gasteiger partial charge in [-0.05, 0) is 18.2 Å². The van der Waals surface area contributed by atoms with Gasteiger partial charge in [0.1, 0.15) is 36.0 Å². The fourth-order valence-corrected chi connectivity index (χ4v) is 3.94. The molecule has 1 fully saturated rings. The fourth-order valence-electron chi connectivity index (χ4n) is 3.78. The Morgan fingerprint density at radius 1 is 1.12 bits per heavy atom. The van der Waals surface area contributed by atoms with E-state index in [1.54, 1.807) is 12.3 Å². The first-order valence-corrected chi connectivity index (χ1v) is 10.9. The third-order valence-electron chi connectivity index (χ3n) is 5.57. The minimum absolute atomic E-state index is 0.0778. The van der Waals surface area contributed by atoms with Crippen LogP contribution in [0.1, 0.15) is 50.3 Å². The monoisotopic (exact) mass is 488 g/mol. The number of aliphatic hydroxyl groups is 2. The lowest BCUT2D eigenvalue weighted by atomic mass is 9.97. The van der Waals surface area contributed by atoms with Crippen LogP contribution in [0, 0.1) is 5.82 Å². The Kier molecular flexibility index (Phi) is 5.52. The third-order valence-corrected chi connectivity index (χ3v) is 5.81. The van der Waals surface area contributed by atoms with Gasteiger partial charge in [-0.25, -0.2) is 14.4 Å². The minimum atomic E-state index is -1.30. The molecule has 0 bridgehead atoms. The average molecular weight is 489 g/mol. The lowest BCUT2D eigenvalue weighted by Crippen LogP contribution is -2.26. The molecule has 1 aliphatic rings. The number of aromatic nitrogens is 5. The summed E-state index contributed by atoms with van der Waals surface area (Å²) < 4.78 is 25.9. The van der Waals surface area contributed by atoms with Crippen LogP contribution in [0.15, 0.2) is 35.1 Å². The van der Waals surface area contributed by atoms with Gasteiger partial charge in [-0.2, -0.15) is 0 Å². The van der Waals surface area contributed by atoms with Crippen molar-refractivity contribution >= 4 is 34.1 Å². The Morgan fingerprint density at radius 2 is 1.88 bits per heavy atom. The molecule has 1 saturated heterocycles.